The molecule has 1 aliphatic carbocycles. The van der Waals surface area contributed by atoms with Crippen LogP contribution < -0.4 is 5.32 Å². The zero-order valence-electron chi connectivity index (χ0n) is 12.2. The van der Waals surface area contributed by atoms with Crippen LogP contribution in [-0.4, -0.2) is 15.8 Å². The maximum atomic E-state index is 4.56. The molecule has 1 aliphatic rings. The zero-order chi connectivity index (χ0) is 13.1. The maximum absolute atomic E-state index is 4.56. The van der Waals surface area contributed by atoms with Crippen LogP contribution in [0.4, 0.5) is 0 Å². The Balaban J connectivity index is 1.92. The third-order valence-corrected chi connectivity index (χ3v) is 4.21. The highest BCUT2D eigenvalue weighted by molar-refractivity contribution is 5.20. The second-order valence-corrected chi connectivity index (χ2v) is 6.08. The Morgan fingerprint density at radius 3 is 2.61 bits per heavy atom. The number of hydrogen-bond donors (Lipinski definition) is 1. The van der Waals surface area contributed by atoms with Gasteiger partial charge in [-0.25, -0.2) is 0 Å². The van der Waals surface area contributed by atoms with Crippen molar-refractivity contribution >= 4 is 0 Å². The topological polar surface area (TPSA) is 29.9 Å². The number of hydrogen-bond acceptors (Lipinski definition) is 2. The highest BCUT2D eigenvalue weighted by Crippen LogP contribution is 2.27. The largest absolute Gasteiger partial charge is 0.310 e. The highest BCUT2D eigenvalue weighted by atomic mass is 15.3. The van der Waals surface area contributed by atoms with Gasteiger partial charge in [0.05, 0.1) is 5.69 Å². The molecule has 0 unspecified atom stereocenters. The molecule has 1 heterocycles. The van der Waals surface area contributed by atoms with E-state index in [-0.39, 0.29) is 0 Å². The molecule has 18 heavy (non-hydrogen) atoms. The Morgan fingerprint density at radius 2 is 2.00 bits per heavy atom. The van der Waals surface area contributed by atoms with Crippen molar-refractivity contribution in [1.82, 2.24) is 15.1 Å². The average Bonchev–Trinajstić information content (AvgIpc) is 2.94. The first-order valence-corrected chi connectivity index (χ1v) is 7.33. The molecule has 0 aliphatic heterocycles. The first kappa shape index (κ1) is 13.6. The van der Waals surface area contributed by atoms with Gasteiger partial charge in [0.1, 0.15) is 0 Å². The van der Waals surface area contributed by atoms with E-state index in [0.717, 1.165) is 12.5 Å². The standard InChI is InChI=1S/C15H27N3/c1-11(2)15-14(10-18(4)17-15)9-16-12(3)13-7-5-6-8-13/h10-13,16H,5-9H2,1-4H3/t12-/m1/s1. The van der Waals surface area contributed by atoms with Crippen molar-refractivity contribution in [2.75, 3.05) is 0 Å². The van der Waals surface area contributed by atoms with E-state index in [0.29, 0.717) is 12.0 Å². The lowest BCUT2D eigenvalue weighted by Gasteiger charge is -2.20. The minimum absolute atomic E-state index is 0.504. The first-order valence-electron chi connectivity index (χ1n) is 7.33. The van der Waals surface area contributed by atoms with Crippen LogP contribution in [0.25, 0.3) is 0 Å². The Hall–Kier alpha value is -0.830. The van der Waals surface area contributed by atoms with Gasteiger partial charge in [-0.15, -0.1) is 0 Å². The summed E-state index contributed by atoms with van der Waals surface area (Å²) in [7, 11) is 2.01. The van der Waals surface area contributed by atoms with Crippen molar-refractivity contribution in [3.63, 3.8) is 0 Å². The second kappa shape index (κ2) is 5.87. The Bertz CT molecular complexity index is 375. The van der Waals surface area contributed by atoms with Gasteiger partial charge in [-0.2, -0.15) is 5.10 Å². The molecule has 0 radical (unpaired) electrons. The summed E-state index contributed by atoms with van der Waals surface area (Å²) >= 11 is 0. The second-order valence-electron chi connectivity index (χ2n) is 6.08. The normalized spacial score (nSPS) is 18.7. The summed E-state index contributed by atoms with van der Waals surface area (Å²) < 4.78 is 1.94. The molecule has 0 aromatic carbocycles. The number of nitrogens with zero attached hydrogens (tertiary/aromatic N) is 2. The Kier molecular flexibility index (Phi) is 4.44. The van der Waals surface area contributed by atoms with E-state index >= 15 is 0 Å². The van der Waals surface area contributed by atoms with Crippen molar-refractivity contribution < 1.29 is 0 Å². The van der Waals surface area contributed by atoms with Gasteiger partial charge in [-0.3, -0.25) is 4.68 Å². The minimum Gasteiger partial charge on any atom is -0.310 e. The summed E-state index contributed by atoms with van der Waals surface area (Å²) in [5.74, 6) is 1.38. The first-order chi connectivity index (χ1) is 8.58. The molecule has 1 fully saturated rings. The Labute approximate surface area is 111 Å². The van der Waals surface area contributed by atoms with Gasteiger partial charge in [-0.1, -0.05) is 26.7 Å². The fraction of sp³-hybridized carbons (Fsp3) is 0.800. The summed E-state index contributed by atoms with van der Waals surface area (Å²) in [5.41, 5.74) is 2.60. The van der Waals surface area contributed by atoms with Crippen LogP contribution in [0.15, 0.2) is 6.20 Å². The highest BCUT2D eigenvalue weighted by Gasteiger charge is 2.21. The molecule has 1 N–H and O–H groups in total. The lowest BCUT2D eigenvalue weighted by Crippen LogP contribution is -2.31. The van der Waals surface area contributed by atoms with Crippen LogP contribution in [0.2, 0.25) is 0 Å². The lowest BCUT2D eigenvalue weighted by atomic mass is 9.99. The third kappa shape index (κ3) is 3.14. The quantitative estimate of drug-likeness (QED) is 0.868. The maximum Gasteiger partial charge on any atom is 0.0694 e. The monoisotopic (exact) mass is 249 g/mol. The van der Waals surface area contributed by atoms with Crippen LogP contribution in [0.3, 0.4) is 0 Å². The molecule has 0 amide bonds. The van der Waals surface area contributed by atoms with Crippen LogP contribution in [-0.2, 0) is 13.6 Å². The van der Waals surface area contributed by atoms with Gasteiger partial charge < -0.3 is 5.32 Å². The summed E-state index contributed by atoms with van der Waals surface area (Å²) in [5, 5.41) is 8.26. The van der Waals surface area contributed by atoms with E-state index in [9.17, 15) is 0 Å². The van der Waals surface area contributed by atoms with E-state index in [1.54, 1.807) is 0 Å². The number of aromatic nitrogens is 2. The van der Waals surface area contributed by atoms with E-state index < -0.39 is 0 Å². The van der Waals surface area contributed by atoms with E-state index in [2.05, 4.69) is 37.4 Å². The predicted octanol–water partition coefficient (Wildman–Crippen LogP) is 3.21. The molecule has 0 spiro atoms. The number of nitrogens with one attached hydrogen (secondary N) is 1. The zero-order valence-corrected chi connectivity index (χ0v) is 12.2. The Morgan fingerprint density at radius 1 is 1.33 bits per heavy atom. The minimum atomic E-state index is 0.504. The molecule has 1 atom stereocenters. The molecule has 1 aromatic rings. The van der Waals surface area contributed by atoms with Gasteiger partial charge >= 0.3 is 0 Å². The molecule has 102 valence electrons. The van der Waals surface area contributed by atoms with Gasteiger partial charge in [0.25, 0.3) is 0 Å². The van der Waals surface area contributed by atoms with Crippen LogP contribution >= 0.6 is 0 Å². The number of rotatable bonds is 5. The summed E-state index contributed by atoms with van der Waals surface area (Å²) in [6, 6.07) is 0.632. The van der Waals surface area contributed by atoms with Crippen molar-refractivity contribution in [3.8, 4) is 0 Å². The molecule has 1 saturated carbocycles. The van der Waals surface area contributed by atoms with Crippen molar-refractivity contribution in [1.29, 1.82) is 0 Å². The third-order valence-electron chi connectivity index (χ3n) is 4.21. The number of aryl methyl sites for hydroxylation is 1. The van der Waals surface area contributed by atoms with Crippen LogP contribution in [0.5, 0.6) is 0 Å². The van der Waals surface area contributed by atoms with E-state index in [1.807, 2.05) is 11.7 Å². The summed E-state index contributed by atoms with van der Waals surface area (Å²) in [6.45, 7) is 7.72. The van der Waals surface area contributed by atoms with Crippen LogP contribution in [0, 0.1) is 5.92 Å². The van der Waals surface area contributed by atoms with Gasteiger partial charge in [0, 0.05) is 31.4 Å². The lowest BCUT2D eigenvalue weighted by molar-refractivity contribution is 0.380. The molecule has 0 saturated heterocycles. The smallest absolute Gasteiger partial charge is 0.0694 e. The van der Waals surface area contributed by atoms with Gasteiger partial charge in [-0.05, 0) is 31.6 Å². The molecule has 3 nitrogen and oxygen atoms in total. The fourth-order valence-corrected chi connectivity index (χ4v) is 3.07. The predicted molar refractivity (Wildman–Crippen MR) is 75.6 cm³/mol. The summed E-state index contributed by atoms with van der Waals surface area (Å²) in [6.07, 6.45) is 7.79. The molecule has 1 aromatic heterocycles. The van der Waals surface area contributed by atoms with Crippen LogP contribution in [0.1, 0.15) is 63.6 Å². The molecule has 3 heteroatoms. The van der Waals surface area contributed by atoms with Gasteiger partial charge in [0.2, 0.25) is 0 Å². The summed E-state index contributed by atoms with van der Waals surface area (Å²) in [4.78, 5) is 0. The van der Waals surface area contributed by atoms with E-state index in [1.165, 1.54) is 36.9 Å². The van der Waals surface area contributed by atoms with Gasteiger partial charge in [0.15, 0.2) is 0 Å². The van der Waals surface area contributed by atoms with Crippen molar-refractivity contribution in [3.05, 3.63) is 17.5 Å². The SMILES string of the molecule is CC(C)c1nn(C)cc1CN[C@H](C)C1CCCC1. The fourth-order valence-electron chi connectivity index (χ4n) is 3.07. The molecular formula is C15H27N3. The molecule has 2 rings (SSSR count). The average molecular weight is 249 g/mol. The van der Waals surface area contributed by atoms with Crippen molar-refractivity contribution in [2.45, 2.75) is 65.0 Å². The van der Waals surface area contributed by atoms with E-state index in [4.69, 9.17) is 0 Å². The molecule has 0 bridgehead atoms. The molecular weight excluding hydrogens is 222 g/mol. The van der Waals surface area contributed by atoms with Crippen molar-refractivity contribution in [2.24, 2.45) is 13.0 Å².